The number of ether oxygens (including phenoxy) is 4. The Bertz CT molecular complexity index is 1260. The number of carbonyl (C=O) groups excluding carboxylic acids is 2. The van der Waals surface area contributed by atoms with Gasteiger partial charge in [0.1, 0.15) is 24.9 Å². The van der Waals surface area contributed by atoms with Crippen molar-refractivity contribution in [3.63, 3.8) is 0 Å². The van der Waals surface area contributed by atoms with Crippen LogP contribution in [0.4, 0.5) is 0 Å². The van der Waals surface area contributed by atoms with Gasteiger partial charge in [0.2, 0.25) is 0 Å². The van der Waals surface area contributed by atoms with Crippen LogP contribution in [0.25, 0.3) is 0 Å². The van der Waals surface area contributed by atoms with Gasteiger partial charge in [-0.05, 0) is 77.0 Å². The number of rotatable bonds is 44. The number of aliphatic carboxylic acids is 1. The van der Waals surface area contributed by atoms with Crippen LogP contribution in [0.15, 0.2) is 48.6 Å². The Hall–Kier alpha value is -2.83. The minimum Gasteiger partial charge on any atom is -0.479 e. The highest BCUT2D eigenvalue weighted by Crippen LogP contribution is 2.23. The molecule has 1 fully saturated rings. The number of aliphatic hydroxyl groups is 3. The Morgan fingerprint density at radius 1 is 0.477 bits per heavy atom. The summed E-state index contributed by atoms with van der Waals surface area (Å²) in [5, 5.41) is 40.0. The Balaban J connectivity index is 2.30. The number of esters is 2. The van der Waals surface area contributed by atoms with Crippen LogP contribution in [0.3, 0.4) is 0 Å². The molecule has 6 atom stereocenters. The maximum atomic E-state index is 12.8. The normalized spacial score (nSPS) is 19.6. The Labute approximate surface area is 394 Å². The average molecular weight is 919 g/mol. The van der Waals surface area contributed by atoms with Crippen LogP contribution in [0, 0.1) is 0 Å². The van der Waals surface area contributed by atoms with Gasteiger partial charge >= 0.3 is 17.9 Å². The van der Waals surface area contributed by atoms with Crippen molar-refractivity contribution in [3.05, 3.63) is 48.6 Å². The smallest absolute Gasteiger partial charge is 0.335 e. The van der Waals surface area contributed by atoms with Crippen LogP contribution < -0.4 is 0 Å². The number of aliphatic hydroxyl groups excluding tert-OH is 3. The summed E-state index contributed by atoms with van der Waals surface area (Å²) in [5.41, 5.74) is 0. The summed E-state index contributed by atoms with van der Waals surface area (Å²) >= 11 is 0. The number of carboxylic acids is 1. The molecule has 0 aromatic heterocycles. The highest BCUT2D eigenvalue weighted by molar-refractivity contribution is 5.73. The van der Waals surface area contributed by atoms with Crippen LogP contribution in [-0.4, -0.2) is 88.4 Å². The molecule has 1 aliphatic rings. The lowest BCUT2D eigenvalue weighted by Crippen LogP contribution is -2.60. The third-order valence-electron chi connectivity index (χ3n) is 11.9. The zero-order valence-corrected chi connectivity index (χ0v) is 41.0. The molecule has 0 bridgehead atoms. The molecule has 11 heteroatoms. The van der Waals surface area contributed by atoms with E-state index in [4.69, 9.17) is 18.9 Å². The summed E-state index contributed by atoms with van der Waals surface area (Å²) in [4.78, 5) is 37.0. The second kappa shape index (κ2) is 43.7. The first-order chi connectivity index (χ1) is 31.7. The summed E-state index contributed by atoms with van der Waals surface area (Å²) < 4.78 is 21.8. The number of hydrogen-bond donors (Lipinski definition) is 4. The molecule has 0 aromatic carbocycles. The fourth-order valence-electron chi connectivity index (χ4n) is 7.76. The standard InChI is InChI=1S/C54H94O11/c1-3-5-7-9-11-13-15-17-19-21-23-24-25-27-28-30-32-34-36-38-40-42-47(55)62-44-46(45-63-54-51(59)49(57)50(58)52(65-54)53(60)61)64-48(56)43-41-39-37-35-33-31-29-26-22-20-18-16-14-12-10-8-6-4-2/h14-17,20-23,46,49-52,54,57-59H,3-13,18-19,24-45H2,1-2H3,(H,60,61)/b16-14-,17-15-,22-20-,23-21-. The third-order valence-corrected chi connectivity index (χ3v) is 11.9. The van der Waals surface area contributed by atoms with Crippen molar-refractivity contribution >= 4 is 17.9 Å². The molecule has 6 unspecified atom stereocenters. The summed E-state index contributed by atoms with van der Waals surface area (Å²) in [6, 6.07) is 0. The maximum Gasteiger partial charge on any atom is 0.335 e. The van der Waals surface area contributed by atoms with Crippen LogP contribution in [0.2, 0.25) is 0 Å². The van der Waals surface area contributed by atoms with Gasteiger partial charge in [-0.25, -0.2) is 4.79 Å². The molecule has 1 rings (SSSR count). The van der Waals surface area contributed by atoms with Gasteiger partial charge in [-0.3, -0.25) is 9.59 Å². The van der Waals surface area contributed by atoms with Crippen molar-refractivity contribution < 1.29 is 53.8 Å². The van der Waals surface area contributed by atoms with E-state index in [9.17, 15) is 34.8 Å². The number of hydrogen-bond acceptors (Lipinski definition) is 10. The molecular formula is C54H94O11. The third kappa shape index (κ3) is 35.0. The van der Waals surface area contributed by atoms with Gasteiger partial charge in [-0.1, -0.05) is 184 Å². The predicted molar refractivity (Wildman–Crippen MR) is 261 cm³/mol. The topological polar surface area (TPSA) is 169 Å². The lowest BCUT2D eigenvalue weighted by molar-refractivity contribution is -0.298. The summed E-state index contributed by atoms with van der Waals surface area (Å²) in [7, 11) is 0. The fourth-order valence-corrected chi connectivity index (χ4v) is 7.76. The summed E-state index contributed by atoms with van der Waals surface area (Å²) in [5.74, 6) is -2.45. The van der Waals surface area contributed by atoms with Gasteiger partial charge in [0.25, 0.3) is 0 Å². The van der Waals surface area contributed by atoms with Gasteiger partial charge < -0.3 is 39.4 Å². The lowest BCUT2D eigenvalue weighted by Gasteiger charge is -2.38. The molecule has 1 saturated heterocycles. The van der Waals surface area contributed by atoms with Crippen LogP contribution in [0.1, 0.15) is 226 Å². The van der Waals surface area contributed by atoms with E-state index in [-0.39, 0.29) is 19.4 Å². The number of carboxylic acid groups (broad SMARTS) is 1. The van der Waals surface area contributed by atoms with E-state index in [0.717, 1.165) is 70.6 Å². The summed E-state index contributed by atoms with van der Waals surface area (Å²) in [6.45, 7) is 3.80. The molecule has 1 heterocycles. The second-order valence-corrected chi connectivity index (χ2v) is 18.0. The van der Waals surface area contributed by atoms with E-state index in [1.807, 2.05) is 0 Å². The highest BCUT2D eigenvalue weighted by Gasteiger charge is 2.47. The van der Waals surface area contributed by atoms with Gasteiger partial charge in [-0.2, -0.15) is 0 Å². The first kappa shape index (κ1) is 60.2. The fraction of sp³-hybridized carbons (Fsp3) is 0.796. The monoisotopic (exact) mass is 919 g/mol. The molecule has 1 aliphatic heterocycles. The molecule has 0 aromatic rings. The largest absolute Gasteiger partial charge is 0.479 e. The van der Waals surface area contributed by atoms with E-state index in [0.29, 0.717) is 12.8 Å². The van der Waals surface area contributed by atoms with Crippen LogP contribution >= 0.6 is 0 Å². The van der Waals surface area contributed by atoms with Crippen LogP contribution in [-0.2, 0) is 33.3 Å². The van der Waals surface area contributed by atoms with E-state index < -0.39 is 61.3 Å². The van der Waals surface area contributed by atoms with Crippen molar-refractivity contribution in [2.75, 3.05) is 13.2 Å². The lowest BCUT2D eigenvalue weighted by atomic mass is 9.99. The molecule has 0 radical (unpaired) electrons. The SMILES string of the molecule is CCCCCC/C=C\C/C=C\CCCCCCCCCC(=O)OC(COC(=O)CCCCCCCCCCC/C=C\C/C=C\CCCCCCC)COC1OC(C(=O)O)C(O)C(O)C1O. The van der Waals surface area contributed by atoms with Crippen molar-refractivity contribution in [2.24, 2.45) is 0 Å². The first-order valence-corrected chi connectivity index (χ1v) is 26.2. The molecule has 376 valence electrons. The van der Waals surface area contributed by atoms with Gasteiger partial charge in [0.15, 0.2) is 18.5 Å². The minimum absolute atomic E-state index is 0.172. The van der Waals surface area contributed by atoms with Gasteiger partial charge in [0.05, 0.1) is 6.61 Å². The van der Waals surface area contributed by atoms with Crippen molar-refractivity contribution in [1.82, 2.24) is 0 Å². The molecule has 11 nitrogen and oxygen atoms in total. The number of allylic oxidation sites excluding steroid dienone is 8. The zero-order chi connectivity index (χ0) is 47.4. The molecule has 65 heavy (non-hydrogen) atoms. The average Bonchev–Trinajstić information content (AvgIpc) is 3.29. The van der Waals surface area contributed by atoms with Gasteiger partial charge in [-0.15, -0.1) is 0 Å². The molecule has 4 N–H and O–H groups in total. The minimum atomic E-state index is -1.86. The van der Waals surface area contributed by atoms with E-state index in [1.165, 1.54) is 116 Å². The quantitative estimate of drug-likeness (QED) is 0.0261. The van der Waals surface area contributed by atoms with E-state index in [2.05, 4.69) is 62.5 Å². The zero-order valence-electron chi connectivity index (χ0n) is 41.0. The molecule has 0 spiro atoms. The molecule has 0 amide bonds. The first-order valence-electron chi connectivity index (χ1n) is 26.2. The predicted octanol–water partition coefficient (Wildman–Crippen LogP) is 12.5. The number of unbranched alkanes of at least 4 members (excludes halogenated alkanes) is 25. The Kier molecular flexibility index (Phi) is 40.5. The van der Waals surface area contributed by atoms with E-state index in [1.54, 1.807) is 0 Å². The summed E-state index contributed by atoms with van der Waals surface area (Å²) in [6.07, 6.45) is 44.4. The van der Waals surface area contributed by atoms with Crippen molar-refractivity contribution in [3.8, 4) is 0 Å². The van der Waals surface area contributed by atoms with Gasteiger partial charge in [0, 0.05) is 12.8 Å². The molecule has 0 saturated carbocycles. The second-order valence-electron chi connectivity index (χ2n) is 18.0. The van der Waals surface area contributed by atoms with Crippen LogP contribution in [0.5, 0.6) is 0 Å². The van der Waals surface area contributed by atoms with Crippen molar-refractivity contribution in [2.45, 2.75) is 263 Å². The Morgan fingerprint density at radius 3 is 1.29 bits per heavy atom. The maximum absolute atomic E-state index is 12.8. The molecular weight excluding hydrogens is 825 g/mol. The van der Waals surface area contributed by atoms with Crippen molar-refractivity contribution in [1.29, 1.82) is 0 Å². The molecule has 0 aliphatic carbocycles. The number of carbonyl (C=O) groups is 3. The highest BCUT2D eigenvalue weighted by atomic mass is 16.7. The Morgan fingerprint density at radius 2 is 0.862 bits per heavy atom. The van der Waals surface area contributed by atoms with E-state index >= 15 is 0 Å².